The van der Waals surface area contributed by atoms with Gasteiger partial charge in [0.15, 0.2) is 0 Å². The molecule has 35 heavy (non-hydrogen) atoms. The number of amides is 2. The summed E-state index contributed by atoms with van der Waals surface area (Å²) in [4.78, 5) is 27.5. The van der Waals surface area contributed by atoms with E-state index >= 15 is 0 Å². The number of hydrogen-bond acceptors (Lipinski definition) is 4. The summed E-state index contributed by atoms with van der Waals surface area (Å²) >= 11 is 6.34. The largest absolute Gasteiger partial charge is 0.457 e. The van der Waals surface area contributed by atoms with Crippen molar-refractivity contribution in [3.05, 3.63) is 76.3 Å². The van der Waals surface area contributed by atoms with Crippen molar-refractivity contribution in [2.24, 2.45) is 0 Å². The van der Waals surface area contributed by atoms with Crippen LogP contribution in [0.5, 0.6) is 0 Å². The molecule has 1 aromatic heterocycles. The van der Waals surface area contributed by atoms with Gasteiger partial charge in [0.05, 0.1) is 16.2 Å². The number of anilines is 1. The number of likely N-dealkylation sites (tertiary alicyclic amines) is 1. The molecule has 2 aromatic carbocycles. The van der Waals surface area contributed by atoms with Gasteiger partial charge in [0, 0.05) is 29.4 Å². The van der Waals surface area contributed by atoms with Crippen LogP contribution in [0.15, 0.2) is 52.9 Å². The molecule has 1 atom stereocenters. The van der Waals surface area contributed by atoms with Gasteiger partial charge in [-0.15, -0.1) is 0 Å². The number of likely N-dealkylation sites (N-methyl/N-ethyl adjacent to an activating group) is 1. The zero-order valence-electron chi connectivity index (χ0n) is 19.2. The van der Waals surface area contributed by atoms with Crippen LogP contribution in [0.4, 0.5) is 10.1 Å². The first-order valence-electron chi connectivity index (χ1n) is 11.6. The van der Waals surface area contributed by atoms with Crippen LogP contribution in [-0.4, -0.2) is 42.9 Å². The highest BCUT2D eigenvalue weighted by atomic mass is 35.5. The van der Waals surface area contributed by atoms with Crippen LogP contribution in [0.1, 0.15) is 40.9 Å². The molecule has 3 heterocycles. The molecule has 0 radical (unpaired) electrons. The molecular formula is C27H25ClFN3O3. The van der Waals surface area contributed by atoms with Gasteiger partial charge in [-0.1, -0.05) is 18.0 Å². The maximum atomic E-state index is 13.7. The van der Waals surface area contributed by atoms with E-state index in [4.69, 9.17) is 16.0 Å². The van der Waals surface area contributed by atoms with Gasteiger partial charge < -0.3 is 20.0 Å². The molecule has 1 unspecified atom stereocenters. The Morgan fingerprint density at radius 3 is 2.91 bits per heavy atom. The second-order valence-electron chi connectivity index (χ2n) is 8.94. The number of benzene rings is 2. The molecule has 0 aliphatic carbocycles. The van der Waals surface area contributed by atoms with Crippen LogP contribution < -0.4 is 10.6 Å². The van der Waals surface area contributed by atoms with Crippen molar-refractivity contribution in [3.8, 4) is 11.3 Å². The average Bonchev–Trinajstić information content (AvgIpc) is 3.43. The predicted octanol–water partition coefficient (Wildman–Crippen LogP) is 5.45. The van der Waals surface area contributed by atoms with E-state index in [0.29, 0.717) is 57.1 Å². The van der Waals surface area contributed by atoms with E-state index in [9.17, 15) is 14.0 Å². The number of fused-ring (bicyclic) bond motifs is 1. The van der Waals surface area contributed by atoms with Gasteiger partial charge in [0.25, 0.3) is 11.8 Å². The van der Waals surface area contributed by atoms with Crippen molar-refractivity contribution in [1.82, 2.24) is 10.2 Å². The Morgan fingerprint density at radius 1 is 1.23 bits per heavy atom. The Hall–Kier alpha value is -3.42. The van der Waals surface area contributed by atoms with Crippen LogP contribution in [0, 0.1) is 5.82 Å². The molecule has 2 N–H and O–H groups in total. The fourth-order valence-corrected chi connectivity index (χ4v) is 4.80. The first kappa shape index (κ1) is 23.3. The Balaban J connectivity index is 1.35. The van der Waals surface area contributed by atoms with E-state index in [2.05, 4.69) is 22.6 Å². The zero-order chi connectivity index (χ0) is 24.5. The number of piperidine rings is 1. The number of nitrogens with one attached hydrogen (secondary N) is 2. The van der Waals surface area contributed by atoms with Crippen LogP contribution in [0.2, 0.25) is 5.02 Å². The number of nitrogens with zero attached hydrogens (tertiary/aromatic N) is 1. The Kier molecular flexibility index (Phi) is 6.45. The lowest BCUT2D eigenvalue weighted by Gasteiger charge is -2.32. The minimum atomic E-state index is -0.423. The van der Waals surface area contributed by atoms with E-state index in [0.717, 1.165) is 13.0 Å². The molecule has 3 aromatic rings. The molecule has 180 valence electrons. The zero-order valence-corrected chi connectivity index (χ0v) is 20.0. The number of carbonyl (C=O) groups excluding carboxylic acids is 2. The molecule has 0 saturated carbocycles. The van der Waals surface area contributed by atoms with E-state index in [1.165, 1.54) is 31.0 Å². The predicted molar refractivity (Wildman–Crippen MR) is 135 cm³/mol. The van der Waals surface area contributed by atoms with E-state index in [1.807, 2.05) is 0 Å². The highest BCUT2D eigenvalue weighted by Gasteiger charge is 2.25. The molecule has 2 aliphatic rings. The van der Waals surface area contributed by atoms with Crippen molar-refractivity contribution in [1.29, 1.82) is 0 Å². The summed E-state index contributed by atoms with van der Waals surface area (Å²) in [7, 11) is 2.08. The Bertz CT molecular complexity index is 1330. The van der Waals surface area contributed by atoms with Crippen molar-refractivity contribution in [3.63, 3.8) is 0 Å². The van der Waals surface area contributed by atoms with Gasteiger partial charge in [0.2, 0.25) is 0 Å². The van der Waals surface area contributed by atoms with Crippen molar-refractivity contribution in [2.75, 3.05) is 25.5 Å². The quantitative estimate of drug-likeness (QED) is 0.464. The van der Waals surface area contributed by atoms with Gasteiger partial charge in [-0.3, -0.25) is 9.59 Å². The maximum absolute atomic E-state index is 13.7. The van der Waals surface area contributed by atoms with Crippen LogP contribution in [0.3, 0.4) is 0 Å². The summed E-state index contributed by atoms with van der Waals surface area (Å²) in [6.45, 7) is 1.61. The third-order valence-corrected chi connectivity index (χ3v) is 6.92. The fourth-order valence-electron chi connectivity index (χ4n) is 4.59. The monoisotopic (exact) mass is 493 g/mol. The van der Waals surface area contributed by atoms with Crippen molar-refractivity contribution in [2.45, 2.75) is 25.3 Å². The van der Waals surface area contributed by atoms with Gasteiger partial charge in [0.1, 0.15) is 17.3 Å². The van der Waals surface area contributed by atoms with E-state index in [-0.39, 0.29) is 11.8 Å². The van der Waals surface area contributed by atoms with E-state index in [1.54, 1.807) is 36.4 Å². The van der Waals surface area contributed by atoms with Gasteiger partial charge in [-0.2, -0.15) is 0 Å². The molecular weight excluding hydrogens is 469 g/mol. The topological polar surface area (TPSA) is 74.6 Å². The number of rotatable bonds is 5. The normalized spacial score (nSPS) is 19.0. The number of hydrogen-bond donors (Lipinski definition) is 2. The third-order valence-electron chi connectivity index (χ3n) is 6.59. The fraction of sp³-hybridized carbons (Fsp3) is 0.259. The molecule has 2 amide bonds. The summed E-state index contributed by atoms with van der Waals surface area (Å²) in [6, 6.07) is 13.1. The first-order chi connectivity index (χ1) is 16.9. The highest BCUT2D eigenvalue weighted by molar-refractivity contribution is 6.35. The molecule has 5 rings (SSSR count). The molecule has 0 bridgehead atoms. The summed E-state index contributed by atoms with van der Waals surface area (Å²) in [5.41, 5.74) is 2.42. The lowest BCUT2D eigenvalue weighted by atomic mass is 10.0. The molecule has 0 spiro atoms. The lowest BCUT2D eigenvalue weighted by molar-refractivity contribution is -0.110. The number of halogens is 2. The van der Waals surface area contributed by atoms with Crippen LogP contribution in [0.25, 0.3) is 23.0 Å². The van der Waals surface area contributed by atoms with Gasteiger partial charge >= 0.3 is 0 Å². The SMILES string of the molecule is CN1CCCCC1CNC(=O)c1cc(-c2ccc(C=C3C(=O)Nc4ccc(F)cc43)o2)ccc1Cl. The summed E-state index contributed by atoms with van der Waals surface area (Å²) < 4.78 is 19.6. The maximum Gasteiger partial charge on any atom is 0.256 e. The highest BCUT2D eigenvalue weighted by Crippen LogP contribution is 2.35. The molecule has 2 aliphatic heterocycles. The van der Waals surface area contributed by atoms with E-state index < -0.39 is 5.82 Å². The third kappa shape index (κ3) is 4.88. The van der Waals surface area contributed by atoms with Gasteiger partial charge in [-0.05, 0) is 81.0 Å². The van der Waals surface area contributed by atoms with Crippen molar-refractivity contribution < 1.29 is 18.4 Å². The average molecular weight is 494 g/mol. The number of carbonyl (C=O) groups is 2. The Morgan fingerprint density at radius 2 is 2.09 bits per heavy atom. The van der Waals surface area contributed by atoms with Crippen LogP contribution >= 0.6 is 11.6 Å². The summed E-state index contributed by atoms with van der Waals surface area (Å²) in [5, 5.41) is 6.09. The molecule has 1 fully saturated rings. The lowest BCUT2D eigenvalue weighted by Crippen LogP contribution is -2.44. The van der Waals surface area contributed by atoms with Crippen molar-refractivity contribution >= 4 is 40.8 Å². The molecule has 1 saturated heterocycles. The second kappa shape index (κ2) is 9.68. The minimum Gasteiger partial charge on any atom is -0.457 e. The second-order valence-corrected chi connectivity index (χ2v) is 9.35. The van der Waals surface area contributed by atoms with Gasteiger partial charge in [-0.25, -0.2) is 4.39 Å². The summed E-state index contributed by atoms with van der Waals surface area (Å²) in [6.07, 6.45) is 4.99. The smallest absolute Gasteiger partial charge is 0.256 e. The standard InChI is InChI=1S/C27H25ClFN3O3/c1-32-11-3-2-4-18(32)15-30-26(33)22-12-16(5-8-23(22)28)25-10-7-19(35-25)14-21-20-13-17(29)6-9-24(20)31-27(21)34/h5-10,12-14,18H,2-4,11,15H2,1H3,(H,30,33)(H,31,34). The van der Waals surface area contributed by atoms with Crippen LogP contribution in [-0.2, 0) is 4.79 Å². The molecule has 8 heteroatoms. The minimum absolute atomic E-state index is 0.231. The number of furan rings is 1. The first-order valence-corrected chi connectivity index (χ1v) is 12.0. The molecule has 6 nitrogen and oxygen atoms in total. The Labute approximate surface area is 207 Å². The summed E-state index contributed by atoms with van der Waals surface area (Å²) in [5.74, 6) is -0.0204.